The summed E-state index contributed by atoms with van der Waals surface area (Å²) in [5.74, 6) is -0.287. The number of fused-ring (bicyclic) bond motifs is 1. The molecule has 1 aromatic heterocycles. The van der Waals surface area contributed by atoms with Gasteiger partial charge >= 0.3 is 6.09 Å². The number of ether oxygens (including phenoxy) is 1. The van der Waals surface area contributed by atoms with Crippen molar-refractivity contribution in [2.75, 3.05) is 11.9 Å². The summed E-state index contributed by atoms with van der Waals surface area (Å²) in [5.41, 5.74) is 3.24. The van der Waals surface area contributed by atoms with Crippen molar-refractivity contribution >= 4 is 33.6 Å². The lowest BCUT2D eigenvalue weighted by atomic mass is 10.0. The third-order valence-corrected chi connectivity index (χ3v) is 5.41. The number of rotatable bonds is 2. The highest BCUT2D eigenvalue weighted by Crippen LogP contribution is 2.25. The fourth-order valence-corrected chi connectivity index (χ4v) is 3.42. The van der Waals surface area contributed by atoms with Crippen molar-refractivity contribution in [3.05, 3.63) is 45.2 Å². The van der Waals surface area contributed by atoms with Gasteiger partial charge in [0, 0.05) is 41.4 Å². The maximum absolute atomic E-state index is 12.9. The number of nitrogens with one attached hydrogen (secondary N) is 1. The maximum atomic E-state index is 12.9. The van der Waals surface area contributed by atoms with E-state index in [9.17, 15) is 9.59 Å². The van der Waals surface area contributed by atoms with Crippen molar-refractivity contribution in [1.82, 2.24) is 14.7 Å². The Morgan fingerprint density at radius 1 is 1.29 bits per heavy atom. The van der Waals surface area contributed by atoms with Gasteiger partial charge in [0.05, 0.1) is 6.54 Å². The number of carbonyl (C=O) groups excluding carboxylic acids is 2. The molecule has 0 fully saturated rings. The minimum atomic E-state index is -0.564. The molecule has 3 rings (SSSR count). The summed E-state index contributed by atoms with van der Waals surface area (Å²) in [6.45, 7) is 8.31. The van der Waals surface area contributed by atoms with Crippen molar-refractivity contribution in [3.8, 4) is 0 Å². The lowest BCUT2D eigenvalue weighted by molar-refractivity contribution is 0.0222. The molecule has 150 valence electrons. The van der Waals surface area contributed by atoms with Crippen LogP contribution < -0.4 is 5.32 Å². The maximum Gasteiger partial charge on any atom is 0.410 e. The molecule has 0 aliphatic carbocycles. The summed E-state index contributed by atoms with van der Waals surface area (Å²) >= 11 is 3.46. The number of nitrogens with zero attached hydrogens (tertiary/aromatic N) is 3. The van der Waals surface area contributed by atoms with Crippen molar-refractivity contribution in [2.45, 2.75) is 46.3 Å². The first kappa shape index (κ1) is 20.4. The third-order valence-electron chi connectivity index (χ3n) is 4.52. The predicted octanol–water partition coefficient (Wildman–Crippen LogP) is 4.04. The fraction of sp³-hybridized carbons (Fsp3) is 0.450. The van der Waals surface area contributed by atoms with Crippen LogP contribution in [0.15, 0.2) is 22.7 Å². The highest BCUT2D eigenvalue weighted by Gasteiger charge is 2.31. The van der Waals surface area contributed by atoms with Crippen LogP contribution in [0.25, 0.3) is 0 Å². The van der Waals surface area contributed by atoms with Crippen molar-refractivity contribution in [1.29, 1.82) is 0 Å². The van der Waals surface area contributed by atoms with Crippen LogP contribution in [0.3, 0.4) is 0 Å². The molecular formula is C20H25BrN4O3. The zero-order chi connectivity index (χ0) is 20.6. The number of amides is 2. The van der Waals surface area contributed by atoms with E-state index >= 15 is 0 Å². The molecule has 1 aliphatic heterocycles. The molecule has 0 spiro atoms. The smallest absolute Gasteiger partial charge is 0.410 e. The Balaban J connectivity index is 1.82. The van der Waals surface area contributed by atoms with Gasteiger partial charge in [-0.25, -0.2) is 4.79 Å². The molecule has 1 aliphatic rings. The molecule has 28 heavy (non-hydrogen) atoms. The van der Waals surface area contributed by atoms with Gasteiger partial charge in [0.2, 0.25) is 0 Å². The molecule has 7 nitrogen and oxygen atoms in total. The van der Waals surface area contributed by atoms with E-state index in [0.717, 1.165) is 21.3 Å². The molecule has 8 heteroatoms. The molecule has 1 N–H and O–H groups in total. The molecule has 0 bridgehead atoms. The predicted molar refractivity (Wildman–Crippen MR) is 110 cm³/mol. The van der Waals surface area contributed by atoms with Crippen LogP contribution in [-0.4, -0.2) is 38.8 Å². The van der Waals surface area contributed by atoms with Gasteiger partial charge in [-0.3, -0.25) is 9.48 Å². The van der Waals surface area contributed by atoms with Crippen molar-refractivity contribution < 1.29 is 14.3 Å². The standard InChI is InChI=1S/C20H25BrN4O3/c1-12-10-13(6-7-15(12)21)22-18(26)17-14-11-25(19(27)28-20(2,3)4)9-8-16(14)24(5)23-17/h6-7,10H,8-9,11H2,1-5H3,(H,22,26). The van der Waals surface area contributed by atoms with E-state index in [2.05, 4.69) is 26.3 Å². The molecule has 0 atom stereocenters. The van der Waals surface area contributed by atoms with Crippen LogP contribution in [0.5, 0.6) is 0 Å². The van der Waals surface area contributed by atoms with Crippen molar-refractivity contribution in [2.24, 2.45) is 7.05 Å². The molecule has 2 amide bonds. The molecule has 0 saturated heterocycles. The normalized spacial score (nSPS) is 13.9. The van der Waals surface area contributed by atoms with Crippen LogP contribution in [0.2, 0.25) is 0 Å². The number of hydrogen-bond donors (Lipinski definition) is 1. The summed E-state index contributed by atoms with van der Waals surface area (Å²) in [6, 6.07) is 5.62. The highest BCUT2D eigenvalue weighted by molar-refractivity contribution is 9.10. The average Bonchev–Trinajstić information content (AvgIpc) is 2.93. The quantitative estimate of drug-likeness (QED) is 0.751. The molecular weight excluding hydrogens is 424 g/mol. The van der Waals surface area contributed by atoms with Gasteiger partial charge in [0.1, 0.15) is 5.60 Å². The molecule has 2 aromatic rings. The average molecular weight is 449 g/mol. The second kappa shape index (κ2) is 7.58. The molecule has 1 aromatic carbocycles. The minimum Gasteiger partial charge on any atom is -0.444 e. The number of hydrogen-bond acceptors (Lipinski definition) is 4. The first-order valence-corrected chi connectivity index (χ1v) is 9.94. The summed E-state index contributed by atoms with van der Waals surface area (Å²) in [7, 11) is 1.82. The number of halogens is 1. The van der Waals surface area contributed by atoms with Crippen LogP contribution in [0.1, 0.15) is 48.1 Å². The Bertz CT molecular complexity index is 930. The Morgan fingerprint density at radius 2 is 2.00 bits per heavy atom. The van der Waals surface area contributed by atoms with Gasteiger partial charge in [0.25, 0.3) is 5.91 Å². The van der Waals surface area contributed by atoms with Gasteiger partial charge in [-0.15, -0.1) is 0 Å². The van der Waals surface area contributed by atoms with E-state index in [1.165, 1.54) is 0 Å². The Hall–Kier alpha value is -2.35. The van der Waals surface area contributed by atoms with Gasteiger partial charge < -0.3 is 15.0 Å². The first-order valence-electron chi connectivity index (χ1n) is 9.15. The number of carbonyl (C=O) groups is 2. The van der Waals surface area contributed by atoms with Gasteiger partial charge in [-0.05, 0) is 51.5 Å². The number of aromatic nitrogens is 2. The van der Waals surface area contributed by atoms with Crippen molar-refractivity contribution in [3.63, 3.8) is 0 Å². The van der Waals surface area contributed by atoms with E-state index in [1.54, 1.807) is 9.58 Å². The van der Waals surface area contributed by atoms with E-state index in [0.29, 0.717) is 30.9 Å². The Labute approximate surface area is 173 Å². The molecule has 2 heterocycles. The topological polar surface area (TPSA) is 76.5 Å². The van der Waals surface area contributed by atoms with Crippen LogP contribution in [0.4, 0.5) is 10.5 Å². The lowest BCUT2D eigenvalue weighted by Gasteiger charge is -2.30. The first-order chi connectivity index (χ1) is 13.0. The highest BCUT2D eigenvalue weighted by atomic mass is 79.9. The lowest BCUT2D eigenvalue weighted by Crippen LogP contribution is -2.40. The van der Waals surface area contributed by atoms with E-state index in [-0.39, 0.29) is 12.0 Å². The monoisotopic (exact) mass is 448 g/mol. The Kier molecular flexibility index (Phi) is 5.52. The van der Waals surface area contributed by atoms with Crippen LogP contribution in [-0.2, 0) is 24.8 Å². The molecule has 0 radical (unpaired) electrons. The molecule has 0 unspecified atom stereocenters. The minimum absolute atomic E-state index is 0.287. The van der Waals surface area contributed by atoms with Gasteiger partial charge in [0.15, 0.2) is 5.69 Å². The Morgan fingerprint density at radius 3 is 2.64 bits per heavy atom. The summed E-state index contributed by atoms with van der Waals surface area (Å²) in [4.78, 5) is 26.9. The largest absolute Gasteiger partial charge is 0.444 e. The number of aryl methyl sites for hydroxylation is 2. The third kappa shape index (κ3) is 4.38. The number of anilines is 1. The van der Waals surface area contributed by atoms with Gasteiger partial charge in [-0.1, -0.05) is 15.9 Å². The SMILES string of the molecule is Cc1cc(NC(=O)c2nn(C)c3c2CN(C(=O)OC(C)(C)C)CC3)ccc1Br. The zero-order valence-electron chi connectivity index (χ0n) is 16.8. The number of benzene rings is 1. The fourth-order valence-electron chi connectivity index (χ4n) is 3.17. The zero-order valence-corrected chi connectivity index (χ0v) is 18.4. The summed E-state index contributed by atoms with van der Waals surface area (Å²) in [5, 5.41) is 7.31. The second-order valence-electron chi connectivity index (χ2n) is 7.97. The summed E-state index contributed by atoms with van der Waals surface area (Å²) in [6.07, 6.45) is 0.250. The van der Waals surface area contributed by atoms with E-state index in [4.69, 9.17) is 4.74 Å². The molecule has 0 saturated carbocycles. The van der Waals surface area contributed by atoms with Crippen LogP contribution >= 0.6 is 15.9 Å². The summed E-state index contributed by atoms with van der Waals surface area (Å²) < 4.78 is 8.18. The van der Waals surface area contributed by atoms with E-state index < -0.39 is 5.60 Å². The van der Waals surface area contributed by atoms with Gasteiger partial charge in [-0.2, -0.15) is 5.10 Å². The van der Waals surface area contributed by atoms with E-state index in [1.807, 2.05) is 52.9 Å². The van der Waals surface area contributed by atoms with Crippen LogP contribution in [0, 0.1) is 6.92 Å². The second-order valence-corrected chi connectivity index (χ2v) is 8.82.